The Kier molecular flexibility index (Phi) is 15.5. The summed E-state index contributed by atoms with van der Waals surface area (Å²) in [7, 11) is -16.4. The van der Waals surface area contributed by atoms with E-state index in [1.165, 1.54) is 38.1 Å². The Labute approximate surface area is 326 Å². The standard InChI is InChI=1S/C28H40N7O18P3S/c1-28(2,22(39)25(40)31-7-6-18(37)30-8-9-57-27(41)15-4-3-5-16(36)10-15)12-50-56(47,48)53-55(45,46)49-11-17-21(52-54(42,43)44)20(38)26(51-17)35-14-34-19-23(29)32-13-33-24(19)35/h3-5,10,13-14,17,20-22,26,36,38-39H,6-9,11-12H2,1-2H3,(H,30,37)(H,31,40)(H,45,46)(H,47,48)(H2,29,32,33)(H2,42,43,44)/t17-,20-,21-,22+,26-/m0/s1. The van der Waals surface area contributed by atoms with E-state index in [0.717, 1.165) is 29.0 Å². The molecule has 2 unspecified atom stereocenters. The number of anilines is 1. The van der Waals surface area contributed by atoms with Gasteiger partial charge in [0, 0.05) is 36.2 Å². The van der Waals surface area contributed by atoms with Crippen molar-refractivity contribution in [2.24, 2.45) is 5.41 Å². The molecule has 4 rings (SSSR count). The zero-order valence-electron chi connectivity index (χ0n) is 29.8. The summed E-state index contributed by atoms with van der Waals surface area (Å²) < 4.78 is 62.1. The smallest absolute Gasteiger partial charge is 0.481 e. The molecule has 2 amide bonds. The lowest BCUT2D eigenvalue weighted by atomic mass is 9.87. The van der Waals surface area contributed by atoms with Crippen LogP contribution in [-0.4, -0.2) is 128 Å². The normalized spacial score (nSPS) is 21.4. The summed E-state index contributed by atoms with van der Waals surface area (Å²) in [5.74, 6) is -1.38. The number of thioether (sulfide) groups is 1. The number of fused-ring (bicyclic) bond motifs is 1. The topological polar surface area (TPSA) is 384 Å². The fourth-order valence-corrected chi connectivity index (χ4v) is 8.50. The van der Waals surface area contributed by atoms with Crippen molar-refractivity contribution in [3.8, 4) is 5.75 Å². The zero-order valence-corrected chi connectivity index (χ0v) is 33.3. The number of hydrogen-bond donors (Lipinski definition) is 10. The number of aliphatic hydroxyl groups is 2. The van der Waals surface area contributed by atoms with E-state index < -0.39 is 84.6 Å². The van der Waals surface area contributed by atoms with Gasteiger partial charge in [0.05, 0.1) is 19.5 Å². The summed E-state index contributed by atoms with van der Waals surface area (Å²) in [5.41, 5.74) is 4.51. The van der Waals surface area contributed by atoms with Crippen LogP contribution < -0.4 is 16.4 Å². The van der Waals surface area contributed by atoms with E-state index in [4.69, 9.17) is 19.5 Å². The third-order valence-electron chi connectivity index (χ3n) is 7.82. The fourth-order valence-electron chi connectivity index (χ4n) is 4.99. The van der Waals surface area contributed by atoms with Crippen molar-refractivity contribution in [3.63, 3.8) is 0 Å². The van der Waals surface area contributed by atoms with Crippen molar-refractivity contribution in [1.29, 1.82) is 0 Å². The summed E-state index contributed by atoms with van der Waals surface area (Å²) >= 11 is 0.921. The van der Waals surface area contributed by atoms with Crippen LogP contribution in [0, 0.1) is 5.41 Å². The van der Waals surface area contributed by atoms with Crippen LogP contribution in [0.3, 0.4) is 0 Å². The molecule has 29 heteroatoms. The molecule has 0 saturated carbocycles. The molecule has 1 aliphatic heterocycles. The third-order valence-corrected chi connectivity index (χ3v) is 11.8. The van der Waals surface area contributed by atoms with Crippen molar-refractivity contribution in [2.75, 3.05) is 37.8 Å². The molecule has 0 spiro atoms. The number of benzene rings is 1. The fraction of sp³-hybridized carbons (Fsp3) is 0.500. The van der Waals surface area contributed by atoms with Crippen molar-refractivity contribution in [1.82, 2.24) is 30.2 Å². The van der Waals surface area contributed by atoms with Gasteiger partial charge in [0.25, 0.3) is 0 Å². The molecule has 2 aromatic heterocycles. The lowest BCUT2D eigenvalue weighted by Gasteiger charge is -2.30. The zero-order chi connectivity index (χ0) is 42.3. The van der Waals surface area contributed by atoms with E-state index >= 15 is 0 Å². The van der Waals surface area contributed by atoms with Gasteiger partial charge in [0.1, 0.15) is 42.0 Å². The molecular formula is C28H40N7O18P3S. The number of phosphoric acid groups is 3. The Hall–Kier alpha value is -3.42. The number of aromatic hydroxyl groups is 1. The molecule has 1 saturated heterocycles. The number of nitrogens with two attached hydrogens (primary N) is 1. The number of imidazole rings is 1. The number of carbonyl (C=O) groups excluding carboxylic acids is 3. The van der Waals surface area contributed by atoms with E-state index in [0.29, 0.717) is 5.56 Å². The minimum absolute atomic E-state index is 0.0241. The first-order chi connectivity index (χ1) is 26.5. The highest BCUT2D eigenvalue weighted by Crippen LogP contribution is 2.61. The number of aromatic nitrogens is 4. The molecular weight excluding hydrogens is 847 g/mol. The van der Waals surface area contributed by atoms with Gasteiger partial charge in [-0.2, -0.15) is 4.31 Å². The van der Waals surface area contributed by atoms with Gasteiger partial charge >= 0.3 is 23.5 Å². The molecule has 1 fully saturated rings. The number of amides is 2. The van der Waals surface area contributed by atoms with E-state index in [1.54, 1.807) is 0 Å². The van der Waals surface area contributed by atoms with Crippen LogP contribution in [-0.2, 0) is 45.9 Å². The van der Waals surface area contributed by atoms with E-state index in [9.17, 15) is 63.0 Å². The van der Waals surface area contributed by atoms with Crippen molar-refractivity contribution in [3.05, 3.63) is 42.5 Å². The highest BCUT2D eigenvalue weighted by atomic mass is 32.2. The van der Waals surface area contributed by atoms with E-state index in [-0.39, 0.29) is 53.1 Å². The number of rotatable bonds is 20. The molecule has 57 heavy (non-hydrogen) atoms. The number of nitrogen functional groups attached to an aromatic ring is 1. The summed E-state index contributed by atoms with van der Waals surface area (Å²) in [6.07, 6.45) is -7.03. The number of phenols is 1. The lowest BCUT2D eigenvalue weighted by molar-refractivity contribution is -0.137. The summed E-state index contributed by atoms with van der Waals surface area (Å²) in [5, 5.41) is 35.5. The van der Waals surface area contributed by atoms with Gasteiger partial charge < -0.3 is 56.0 Å². The second kappa shape index (κ2) is 19.1. The predicted molar refractivity (Wildman–Crippen MR) is 195 cm³/mol. The van der Waals surface area contributed by atoms with E-state index in [2.05, 4.69) is 34.4 Å². The second-order valence-electron chi connectivity index (χ2n) is 12.8. The first-order valence-corrected chi connectivity index (χ1v) is 21.8. The van der Waals surface area contributed by atoms with Crippen molar-refractivity contribution < 1.29 is 85.6 Å². The molecule has 1 aromatic carbocycles. The largest absolute Gasteiger partial charge is 0.508 e. The van der Waals surface area contributed by atoms with Crippen LogP contribution in [0.5, 0.6) is 5.75 Å². The van der Waals surface area contributed by atoms with Gasteiger partial charge in [-0.05, 0) is 12.1 Å². The lowest BCUT2D eigenvalue weighted by Crippen LogP contribution is -2.46. The molecule has 11 N–H and O–H groups in total. The first kappa shape index (κ1) is 46.3. The number of nitrogens with zero attached hydrogens (tertiary/aromatic N) is 4. The number of ether oxygens (including phenoxy) is 1. The molecule has 25 nitrogen and oxygen atoms in total. The molecule has 3 heterocycles. The highest BCUT2D eigenvalue weighted by molar-refractivity contribution is 8.14. The maximum absolute atomic E-state index is 12.7. The summed E-state index contributed by atoms with van der Waals surface area (Å²) in [4.78, 5) is 87.8. The van der Waals surface area contributed by atoms with Gasteiger partial charge in [0.2, 0.25) is 16.9 Å². The van der Waals surface area contributed by atoms with E-state index in [1.807, 2.05) is 0 Å². The van der Waals surface area contributed by atoms with Crippen LogP contribution in [0.2, 0.25) is 0 Å². The number of aliphatic hydroxyl groups excluding tert-OH is 2. The summed E-state index contributed by atoms with van der Waals surface area (Å²) in [6.45, 7) is 0.309. The first-order valence-electron chi connectivity index (χ1n) is 16.3. The number of phosphoric ester groups is 3. The second-order valence-corrected chi connectivity index (χ2v) is 18.1. The van der Waals surface area contributed by atoms with Crippen molar-refractivity contribution in [2.45, 2.75) is 50.9 Å². The Balaban J connectivity index is 1.23. The SMILES string of the molecule is CC(C)(COP(=O)(O)OP(=O)(O)OC[C@@H]1O[C@H](n2cnc3c(N)ncnc32)[C@@H](O)[C@H]1OP(=O)(O)O)[C@H](O)C(=O)NCCC(=O)NCCSC(=O)c1cccc(O)c1. The average molecular weight is 888 g/mol. The van der Waals surface area contributed by atoms with Crippen LogP contribution in [0.1, 0.15) is 36.9 Å². The molecule has 316 valence electrons. The summed E-state index contributed by atoms with van der Waals surface area (Å²) in [6, 6.07) is 5.77. The maximum Gasteiger partial charge on any atom is 0.481 e. The highest BCUT2D eigenvalue weighted by Gasteiger charge is 2.50. The van der Waals surface area contributed by atoms with Gasteiger partial charge in [-0.15, -0.1) is 0 Å². The minimum Gasteiger partial charge on any atom is -0.508 e. The number of nitrogens with one attached hydrogen (secondary N) is 2. The molecule has 0 bridgehead atoms. The molecule has 1 aliphatic rings. The quantitative estimate of drug-likeness (QED) is 0.0513. The number of phenolic OH excluding ortho intramolecular Hbond substituents is 1. The number of carbonyl (C=O) groups is 3. The maximum atomic E-state index is 12.7. The molecule has 0 radical (unpaired) electrons. The molecule has 3 aromatic rings. The third kappa shape index (κ3) is 13.3. The molecule has 7 atom stereocenters. The van der Waals surface area contributed by atoms with Crippen LogP contribution in [0.4, 0.5) is 5.82 Å². The monoisotopic (exact) mass is 887 g/mol. The Bertz CT molecular complexity index is 2070. The predicted octanol–water partition coefficient (Wildman–Crippen LogP) is -0.316. The van der Waals surface area contributed by atoms with Crippen LogP contribution >= 0.6 is 35.2 Å². The molecule has 0 aliphatic carbocycles. The Morgan fingerprint density at radius 3 is 2.44 bits per heavy atom. The van der Waals surface area contributed by atoms with Crippen LogP contribution in [0.25, 0.3) is 11.2 Å². The van der Waals surface area contributed by atoms with Gasteiger partial charge in [-0.3, -0.25) is 32.5 Å². The van der Waals surface area contributed by atoms with Gasteiger partial charge in [0.15, 0.2) is 17.7 Å². The average Bonchev–Trinajstić information content (AvgIpc) is 3.68. The minimum atomic E-state index is -5.58. The van der Waals surface area contributed by atoms with Crippen LogP contribution in [0.15, 0.2) is 36.9 Å². The Morgan fingerprint density at radius 2 is 1.75 bits per heavy atom. The number of hydrogen-bond acceptors (Lipinski definition) is 19. The van der Waals surface area contributed by atoms with Gasteiger partial charge in [-0.25, -0.2) is 28.6 Å². The van der Waals surface area contributed by atoms with Crippen molar-refractivity contribution >= 4 is 69.1 Å². The van der Waals surface area contributed by atoms with Gasteiger partial charge in [-0.1, -0.05) is 37.7 Å². The Morgan fingerprint density at radius 1 is 1.05 bits per heavy atom.